The SMILES string of the molecule is COCCNC(=O)c1n[nH]c2c1CCN(C(=O)c1cc3c(s1)CCC(C)C3)C2. The fourth-order valence-electron chi connectivity index (χ4n) is 4.00. The molecule has 28 heavy (non-hydrogen) atoms. The molecule has 1 unspecified atom stereocenters. The van der Waals surface area contributed by atoms with Crippen molar-refractivity contribution in [3.63, 3.8) is 0 Å². The quantitative estimate of drug-likeness (QED) is 0.751. The molecule has 0 spiro atoms. The molecule has 2 amide bonds. The van der Waals surface area contributed by atoms with Crippen LogP contribution in [0.2, 0.25) is 0 Å². The lowest BCUT2D eigenvalue weighted by Crippen LogP contribution is -2.36. The van der Waals surface area contributed by atoms with Gasteiger partial charge >= 0.3 is 0 Å². The first kappa shape index (κ1) is 19.1. The van der Waals surface area contributed by atoms with E-state index in [2.05, 4.69) is 28.5 Å². The molecule has 7 nitrogen and oxygen atoms in total. The smallest absolute Gasteiger partial charge is 0.272 e. The molecule has 150 valence electrons. The number of hydrogen-bond donors (Lipinski definition) is 2. The predicted octanol–water partition coefficient (Wildman–Crippen LogP) is 2.17. The number of H-pyrrole nitrogens is 1. The second-order valence-electron chi connectivity index (χ2n) is 7.66. The van der Waals surface area contributed by atoms with Gasteiger partial charge in [0.2, 0.25) is 0 Å². The Balaban J connectivity index is 1.44. The van der Waals surface area contributed by atoms with Crippen molar-refractivity contribution in [3.05, 3.63) is 38.3 Å². The molecule has 0 saturated heterocycles. The van der Waals surface area contributed by atoms with E-state index in [-0.39, 0.29) is 11.8 Å². The van der Waals surface area contributed by atoms with Crippen LogP contribution in [0.1, 0.15) is 55.2 Å². The van der Waals surface area contributed by atoms with Crippen LogP contribution in [0.5, 0.6) is 0 Å². The second kappa shape index (κ2) is 8.05. The van der Waals surface area contributed by atoms with Gasteiger partial charge in [0.05, 0.1) is 23.7 Å². The summed E-state index contributed by atoms with van der Waals surface area (Å²) in [6.07, 6.45) is 4.00. The van der Waals surface area contributed by atoms with Crippen molar-refractivity contribution in [2.75, 3.05) is 26.8 Å². The molecule has 1 aliphatic heterocycles. The maximum absolute atomic E-state index is 13.0. The van der Waals surface area contributed by atoms with Crippen molar-refractivity contribution in [3.8, 4) is 0 Å². The minimum absolute atomic E-state index is 0.0819. The number of aryl methyl sites for hydroxylation is 1. The lowest BCUT2D eigenvalue weighted by molar-refractivity contribution is 0.0737. The molecule has 0 bridgehead atoms. The summed E-state index contributed by atoms with van der Waals surface area (Å²) in [6.45, 7) is 4.25. The molecule has 2 N–H and O–H groups in total. The van der Waals surface area contributed by atoms with Gasteiger partial charge < -0.3 is 15.0 Å². The Morgan fingerprint density at radius 2 is 2.29 bits per heavy atom. The van der Waals surface area contributed by atoms with E-state index in [0.29, 0.717) is 44.3 Å². The molecule has 2 aromatic rings. The fraction of sp³-hybridized carbons (Fsp3) is 0.550. The monoisotopic (exact) mass is 402 g/mol. The summed E-state index contributed by atoms with van der Waals surface area (Å²) >= 11 is 1.65. The highest BCUT2D eigenvalue weighted by Gasteiger charge is 2.29. The number of rotatable bonds is 5. The molecule has 4 rings (SSSR count). The molecule has 1 aliphatic carbocycles. The zero-order valence-corrected chi connectivity index (χ0v) is 17.2. The van der Waals surface area contributed by atoms with Gasteiger partial charge in [0.25, 0.3) is 11.8 Å². The summed E-state index contributed by atoms with van der Waals surface area (Å²) in [7, 11) is 1.60. The van der Waals surface area contributed by atoms with E-state index in [0.717, 1.165) is 29.0 Å². The summed E-state index contributed by atoms with van der Waals surface area (Å²) in [5.41, 5.74) is 3.55. The highest BCUT2D eigenvalue weighted by molar-refractivity contribution is 7.14. The van der Waals surface area contributed by atoms with E-state index in [4.69, 9.17) is 4.74 Å². The van der Waals surface area contributed by atoms with Crippen LogP contribution >= 0.6 is 11.3 Å². The van der Waals surface area contributed by atoms with Crippen molar-refractivity contribution in [2.45, 2.75) is 39.2 Å². The van der Waals surface area contributed by atoms with Crippen molar-refractivity contribution >= 4 is 23.2 Å². The van der Waals surface area contributed by atoms with E-state index in [1.54, 1.807) is 18.4 Å². The summed E-state index contributed by atoms with van der Waals surface area (Å²) < 4.78 is 4.95. The first-order chi connectivity index (χ1) is 13.6. The van der Waals surface area contributed by atoms with Gasteiger partial charge in [-0.2, -0.15) is 5.10 Å². The lowest BCUT2D eigenvalue weighted by Gasteiger charge is -2.26. The molecular weight excluding hydrogens is 376 g/mol. The zero-order valence-electron chi connectivity index (χ0n) is 16.3. The Kier molecular flexibility index (Phi) is 5.50. The third-order valence-corrected chi connectivity index (χ3v) is 6.79. The number of nitrogens with one attached hydrogen (secondary N) is 2. The number of hydrogen-bond acceptors (Lipinski definition) is 5. The van der Waals surface area contributed by atoms with Crippen LogP contribution in [-0.4, -0.2) is 53.7 Å². The Morgan fingerprint density at radius 1 is 1.43 bits per heavy atom. The van der Waals surface area contributed by atoms with E-state index in [1.807, 2.05) is 4.90 Å². The predicted molar refractivity (Wildman–Crippen MR) is 107 cm³/mol. The normalized spacial score (nSPS) is 18.5. The summed E-state index contributed by atoms with van der Waals surface area (Å²) in [6, 6.07) is 2.09. The lowest BCUT2D eigenvalue weighted by atomic mass is 9.90. The molecule has 0 radical (unpaired) electrons. The average molecular weight is 403 g/mol. The van der Waals surface area contributed by atoms with E-state index >= 15 is 0 Å². The largest absolute Gasteiger partial charge is 0.383 e. The Morgan fingerprint density at radius 3 is 3.11 bits per heavy atom. The standard InChI is InChI=1S/C20H26N4O3S/c1-12-3-4-16-13(9-12)10-17(28-16)20(26)24-7-5-14-15(11-24)22-23-18(14)19(25)21-6-8-27-2/h10,12H,3-9,11H2,1-2H3,(H,21,25)(H,22,23). The minimum Gasteiger partial charge on any atom is -0.383 e. The number of nitrogens with zero attached hydrogens (tertiary/aromatic N) is 2. The first-order valence-corrected chi connectivity index (χ1v) is 10.6. The molecule has 1 atom stereocenters. The van der Waals surface area contributed by atoms with Gasteiger partial charge in [-0.15, -0.1) is 11.3 Å². The van der Waals surface area contributed by atoms with Crippen molar-refractivity contribution in [1.82, 2.24) is 20.4 Å². The molecule has 2 aliphatic rings. The summed E-state index contributed by atoms with van der Waals surface area (Å²) in [5.74, 6) is 0.578. The van der Waals surface area contributed by atoms with Gasteiger partial charge in [-0.1, -0.05) is 6.92 Å². The molecule has 0 aromatic carbocycles. The van der Waals surface area contributed by atoms with Crippen LogP contribution in [0, 0.1) is 5.92 Å². The number of methoxy groups -OCH3 is 1. The molecule has 2 aromatic heterocycles. The third-order valence-electron chi connectivity index (χ3n) is 5.57. The second-order valence-corrected chi connectivity index (χ2v) is 8.80. The number of ether oxygens (including phenoxy) is 1. The summed E-state index contributed by atoms with van der Waals surface area (Å²) in [5, 5.41) is 9.95. The van der Waals surface area contributed by atoms with Crippen molar-refractivity contribution < 1.29 is 14.3 Å². The first-order valence-electron chi connectivity index (χ1n) is 9.81. The van der Waals surface area contributed by atoms with Crippen LogP contribution < -0.4 is 5.32 Å². The Hall–Kier alpha value is -2.19. The van der Waals surface area contributed by atoms with Crippen molar-refractivity contribution in [2.24, 2.45) is 5.92 Å². The van der Waals surface area contributed by atoms with E-state index in [9.17, 15) is 9.59 Å². The number of carbonyl (C=O) groups is 2. The van der Waals surface area contributed by atoms with Gasteiger partial charge in [0.1, 0.15) is 0 Å². The molecule has 0 saturated carbocycles. The third kappa shape index (κ3) is 3.71. The van der Waals surface area contributed by atoms with Crippen LogP contribution in [0.25, 0.3) is 0 Å². The van der Waals surface area contributed by atoms with Crippen LogP contribution in [0.15, 0.2) is 6.07 Å². The highest BCUT2D eigenvalue weighted by atomic mass is 32.1. The topological polar surface area (TPSA) is 87.3 Å². The Labute approximate surface area is 168 Å². The molecule has 3 heterocycles. The van der Waals surface area contributed by atoms with E-state index in [1.165, 1.54) is 16.9 Å². The molecule has 8 heteroatoms. The van der Waals surface area contributed by atoms with Crippen molar-refractivity contribution in [1.29, 1.82) is 0 Å². The van der Waals surface area contributed by atoms with Gasteiger partial charge in [-0.05, 0) is 43.2 Å². The molecule has 0 fully saturated rings. The maximum atomic E-state index is 13.0. The number of fused-ring (bicyclic) bond motifs is 2. The van der Waals surface area contributed by atoms with E-state index < -0.39 is 0 Å². The van der Waals surface area contributed by atoms with Gasteiger partial charge in [0, 0.05) is 30.6 Å². The summed E-state index contributed by atoms with van der Waals surface area (Å²) in [4.78, 5) is 29.4. The Bertz CT molecular complexity index is 888. The van der Waals surface area contributed by atoms with Gasteiger partial charge in [0.15, 0.2) is 5.69 Å². The number of amides is 2. The number of aromatic nitrogens is 2. The molecular formula is C20H26N4O3S. The van der Waals surface area contributed by atoms with Crippen LogP contribution in [0.3, 0.4) is 0 Å². The number of aromatic amines is 1. The minimum atomic E-state index is -0.200. The highest BCUT2D eigenvalue weighted by Crippen LogP contribution is 2.33. The zero-order chi connectivity index (χ0) is 19.7. The van der Waals surface area contributed by atoms with Crippen LogP contribution in [0.4, 0.5) is 0 Å². The van der Waals surface area contributed by atoms with Crippen LogP contribution in [-0.2, 0) is 30.5 Å². The average Bonchev–Trinajstić information content (AvgIpc) is 3.30. The number of thiophene rings is 1. The number of carbonyl (C=O) groups excluding carboxylic acids is 2. The fourth-order valence-corrected chi connectivity index (χ4v) is 5.17. The van der Waals surface area contributed by atoms with Gasteiger partial charge in [-0.25, -0.2) is 0 Å². The van der Waals surface area contributed by atoms with Gasteiger partial charge in [-0.3, -0.25) is 14.7 Å². The maximum Gasteiger partial charge on any atom is 0.272 e.